The summed E-state index contributed by atoms with van der Waals surface area (Å²) in [5, 5.41) is 2.15. The van der Waals surface area contributed by atoms with Gasteiger partial charge in [-0.05, 0) is 53.0 Å². The summed E-state index contributed by atoms with van der Waals surface area (Å²) in [6, 6.07) is 11.4. The van der Waals surface area contributed by atoms with Gasteiger partial charge in [0.2, 0.25) is 0 Å². The van der Waals surface area contributed by atoms with Gasteiger partial charge in [0.05, 0.1) is 12.3 Å². The predicted molar refractivity (Wildman–Crippen MR) is 110 cm³/mol. The third kappa shape index (κ3) is 5.81. The van der Waals surface area contributed by atoms with Crippen molar-refractivity contribution >= 4 is 45.3 Å². The fourth-order valence-corrected chi connectivity index (χ4v) is 3.98. The number of hydrogen-bond donors (Lipinski definition) is 1. The number of benzene rings is 2. The summed E-state index contributed by atoms with van der Waals surface area (Å²) in [6.45, 7) is 5.89. The summed E-state index contributed by atoms with van der Waals surface area (Å²) in [4.78, 5) is 25.2. The zero-order valence-electron chi connectivity index (χ0n) is 15.3. The zero-order valence-corrected chi connectivity index (χ0v) is 17.7. The second kappa shape index (κ2) is 9.90. The monoisotopic (exact) mass is 453 g/mol. The third-order valence-electron chi connectivity index (χ3n) is 3.68. The van der Waals surface area contributed by atoms with Gasteiger partial charge in [0.15, 0.2) is 0 Å². The Labute approximate surface area is 171 Å². The molecule has 1 unspecified atom stereocenters. The number of carbonyl (C=O) groups is 2. The number of amides is 1. The molecule has 7 heteroatoms. The van der Waals surface area contributed by atoms with Gasteiger partial charge in [-0.25, -0.2) is 4.39 Å². The van der Waals surface area contributed by atoms with Crippen molar-refractivity contribution in [2.75, 3.05) is 11.9 Å². The van der Waals surface area contributed by atoms with Crippen LogP contribution in [0.5, 0.6) is 0 Å². The number of anilines is 1. The van der Waals surface area contributed by atoms with Gasteiger partial charge >= 0.3 is 5.97 Å². The first-order valence-electron chi connectivity index (χ1n) is 8.52. The summed E-state index contributed by atoms with van der Waals surface area (Å²) in [7, 11) is 0. The number of halogens is 2. The van der Waals surface area contributed by atoms with Crippen molar-refractivity contribution in [2.24, 2.45) is 5.92 Å². The van der Waals surface area contributed by atoms with Crippen molar-refractivity contribution in [2.45, 2.75) is 30.9 Å². The van der Waals surface area contributed by atoms with E-state index in [0.29, 0.717) is 21.5 Å². The van der Waals surface area contributed by atoms with E-state index in [1.54, 1.807) is 37.3 Å². The van der Waals surface area contributed by atoms with Crippen LogP contribution in [0.3, 0.4) is 0 Å². The van der Waals surface area contributed by atoms with E-state index >= 15 is 0 Å². The Morgan fingerprint density at radius 2 is 1.89 bits per heavy atom. The Morgan fingerprint density at radius 1 is 1.22 bits per heavy atom. The van der Waals surface area contributed by atoms with Crippen molar-refractivity contribution in [1.82, 2.24) is 0 Å². The minimum atomic E-state index is -0.562. The molecule has 0 saturated carbocycles. The quantitative estimate of drug-likeness (QED) is 0.442. The number of hydrogen-bond acceptors (Lipinski definition) is 4. The Morgan fingerprint density at radius 3 is 2.48 bits per heavy atom. The highest BCUT2D eigenvalue weighted by Crippen LogP contribution is 2.37. The van der Waals surface area contributed by atoms with Crippen molar-refractivity contribution in [3.8, 4) is 0 Å². The second-order valence-electron chi connectivity index (χ2n) is 6.12. The summed E-state index contributed by atoms with van der Waals surface area (Å²) < 4.78 is 20.0. The molecule has 0 aliphatic heterocycles. The van der Waals surface area contributed by atoms with Crippen LogP contribution in [0.2, 0.25) is 0 Å². The highest BCUT2D eigenvalue weighted by Gasteiger charge is 2.26. The van der Waals surface area contributed by atoms with E-state index < -0.39 is 17.0 Å². The molecule has 0 bridgehead atoms. The lowest BCUT2D eigenvalue weighted by molar-refractivity contribution is -0.143. The smallest absolute Gasteiger partial charge is 0.319 e. The highest BCUT2D eigenvalue weighted by atomic mass is 79.9. The van der Waals surface area contributed by atoms with E-state index in [4.69, 9.17) is 4.74 Å². The van der Waals surface area contributed by atoms with Crippen molar-refractivity contribution in [3.63, 3.8) is 0 Å². The molecular formula is C20H21BrFNO3S. The van der Waals surface area contributed by atoms with Crippen LogP contribution in [0.25, 0.3) is 0 Å². The largest absolute Gasteiger partial charge is 0.465 e. The molecule has 0 heterocycles. The summed E-state index contributed by atoms with van der Waals surface area (Å²) in [5.74, 6) is -1.26. The Bertz CT molecular complexity index is 814. The molecular weight excluding hydrogens is 433 g/mol. The highest BCUT2D eigenvalue weighted by molar-refractivity contribution is 9.10. The number of thioether (sulfide) groups is 1. The van der Waals surface area contributed by atoms with E-state index in [1.165, 1.54) is 23.9 Å². The maximum Gasteiger partial charge on any atom is 0.319 e. The molecule has 1 amide bonds. The Balaban J connectivity index is 2.26. The standard InChI is InChI=1S/C20H21BrFNO3S/c1-4-26-20(25)18(12(2)3)27-17-11-16(15(22)10-14(17)21)23-19(24)13-8-6-5-7-9-13/h5-12,18H,4H2,1-3H3,(H,23,24). The molecule has 0 radical (unpaired) electrons. The van der Waals surface area contributed by atoms with Crippen LogP contribution in [-0.2, 0) is 9.53 Å². The fraction of sp³-hybridized carbons (Fsp3) is 0.300. The van der Waals surface area contributed by atoms with Crippen molar-refractivity contribution in [3.05, 3.63) is 58.3 Å². The lowest BCUT2D eigenvalue weighted by Crippen LogP contribution is -2.25. The van der Waals surface area contributed by atoms with Crippen LogP contribution < -0.4 is 5.32 Å². The number of esters is 1. The molecule has 0 aliphatic rings. The minimum Gasteiger partial charge on any atom is -0.465 e. The first-order chi connectivity index (χ1) is 12.8. The molecule has 2 rings (SSSR count). The lowest BCUT2D eigenvalue weighted by atomic mass is 10.1. The number of rotatable bonds is 7. The topological polar surface area (TPSA) is 55.4 Å². The maximum absolute atomic E-state index is 14.3. The first-order valence-corrected chi connectivity index (χ1v) is 10.2. The van der Waals surface area contributed by atoms with Crippen LogP contribution in [-0.4, -0.2) is 23.7 Å². The van der Waals surface area contributed by atoms with Crippen LogP contribution in [0.15, 0.2) is 51.8 Å². The van der Waals surface area contributed by atoms with E-state index in [2.05, 4.69) is 21.2 Å². The molecule has 4 nitrogen and oxygen atoms in total. The zero-order chi connectivity index (χ0) is 20.0. The SMILES string of the molecule is CCOC(=O)C(Sc1cc(NC(=O)c2ccccc2)c(F)cc1Br)C(C)C. The maximum atomic E-state index is 14.3. The summed E-state index contributed by atoms with van der Waals surface area (Å²) in [6.07, 6.45) is 0. The Kier molecular flexibility index (Phi) is 7.86. The van der Waals surface area contributed by atoms with Gasteiger partial charge < -0.3 is 10.1 Å². The van der Waals surface area contributed by atoms with Gasteiger partial charge in [-0.15, -0.1) is 11.8 Å². The third-order valence-corrected chi connectivity index (χ3v) is 6.19. The molecule has 144 valence electrons. The fourth-order valence-electron chi connectivity index (χ4n) is 2.32. The number of carbonyl (C=O) groups excluding carboxylic acids is 2. The average Bonchev–Trinajstić information content (AvgIpc) is 2.63. The molecule has 2 aromatic rings. The normalized spacial score (nSPS) is 11.9. The van der Waals surface area contributed by atoms with Crippen LogP contribution in [0.4, 0.5) is 10.1 Å². The van der Waals surface area contributed by atoms with Gasteiger partial charge in [0, 0.05) is 14.9 Å². The molecule has 0 aliphatic carbocycles. The molecule has 2 aromatic carbocycles. The molecule has 0 fully saturated rings. The first kappa shape index (κ1) is 21.4. The predicted octanol–water partition coefficient (Wildman–Crippen LogP) is 5.52. The van der Waals surface area contributed by atoms with Crippen molar-refractivity contribution < 1.29 is 18.7 Å². The van der Waals surface area contributed by atoms with Gasteiger partial charge in [-0.3, -0.25) is 9.59 Å². The van der Waals surface area contributed by atoms with E-state index in [-0.39, 0.29) is 17.6 Å². The molecule has 27 heavy (non-hydrogen) atoms. The molecule has 0 aromatic heterocycles. The molecule has 0 spiro atoms. The van der Waals surface area contributed by atoms with E-state index in [9.17, 15) is 14.0 Å². The number of ether oxygens (including phenoxy) is 1. The van der Waals surface area contributed by atoms with Gasteiger partial charge in [-0.1, -0.05) is 32.0 Å². The lowest BCUT2D eigenvalue weighted by Gasteiger charge is -2.20. The van der Waals surface area contributed by atoms with Crippen LogP contribution >= 0.6 is 27.7 Å². The summed E-state index contributed by atoms with van der Waals surface area (Å²) in [5.41, 5.74) is 0.488. The van der Waals surface area contributed by atoms with E-state index in [1.807, 2.05) is 13.8 Å². The Hall–Kier alpha value is -1.86. The minimum absolute atomic E-state index is 0.0216. The average molecular weight is 454 g/mol. The van der Waals surface area contributed by atoms with Gasteiger partial charge in [0.1, 0.15) is 11.1 Å². The van der Waals surface area contributed by atoms with Crippen molar-refractivity contribution in [1.29, 1.82) is 0 Å². The van der Waals surface area contributed by atoms with Gasteiger partial charge in [-0.2, -0.15) is 0 Å². The van der Waals surface area contributed by atoms with Gasteiger partial charge in [0.25, 0.3) is 5.91 Å². The van der Waals surface area contributed by atoms with Crippen LogP contribution in [0, 0.1) is 11.7 Å². The van der Waals surface area contributed by atoms with E-state index in [0.717, 1.165) is 0 Å². The molecule has 1 N–H and O–H groups in total. The molecule has 1 atom stereocenters. The van der Waals surface area contributed by atoms with Crippen LogP contribution in [0.1, 0.15) is 31.1 Å². The second-order valence-corrected chi connectivity index (χ2v) is 8.15. The molecule has 0 saturated heterocycles. The number of nitrogens with one attached hydrogen (secondary N) is 1. The summed E-state index contributed by atoms with van der Waals surface area (Å²) >= 11 is 4.61.